The maximum absolute atomic E-state index is 12.0. The number of hydrogen-bond acceptors (Lipinski definition) is 5. The van der Waals surface area contributed by atoms with Crippen molar-refractivity contribution in [1.82, 2.24) is 9.62 Å². The van der Waals surface area contributed by atoms with Crippen LogP contribution in [0.5, 0.6) is 0 Å². The number of nitrogens with one attached hydrogen (secondary N) is 1. The van der Waals surface area contributed by atoms with E-state index in [2.05, 4.69) is 26.5 Å². The van der Waals surface area contributed by atoms with Crippen LogP contribution in [0.2, 0.25) is 0 Å². The zero-order valence-electron chi connectivity index (χ0n) is 11.5. The molecule has 0 saturated carbocycles. The first-order chi connectivity index (χ1) is 9.55. The van der Waals surface area contributed by atoms with E-state index >= 15 is 0 Å². The van der Waals surface area contributed by atoms with Gasteiger partial charge in [0.05, 0.1) is 31.1 Å². The van der Waals surface area contributed by atoms with Crippen LogP contribution in [-0.2, 0) is 14.8 Å². The van der Waals surface area contributed by atoms with Crippen molar-refractivity contribution >= 4 is 16.2 Å². The minimum atomic E-state index is -3.39. The average molecular weight is 297 g/mol. The Morgan fingerprint density at radius 1 is 1.50 bits per heavy atom. The summed E-state index contributed by atoms with van der Waals surface area (Å²) >= 11 is 0. The summed E-state index contributed by atoms with van der Waals surface area (Å²) in [5, 5.41) is 0. The summed E-state index contributed by atoms with van der Waals surface area (Å²) in [6, 6.07) is 0. The largest absolute Gasteiger partial charge is 0.379 e. The third kappa shape index (κ3) is 4.96. The average Bonchev–Trinajstić information content (AvgIpc) is 2.62. The van der Waals surface area contributed by atoms with E-state index in [0.717, 1.165) is 13.1 Å². The van der Waals surface area contributed by atoms with E-state index in [4.69, 9.17) is 4.74 Å². The molecule has 0 bridgehead atoms. The molecule has 7 heteroatoms. The molecule has 0 aromatic heterocycles. The van der Waals surface area contributed by atoms with Crippen molar-refractivity contribution in [2.45, 2.75) is 6.92 Å². The van der Waals surface area contributed by atoms with Crippen molar-refractivity contribution in [3.05, 3.63) is 11.9 Å². The second-order valence-corrected chi connectivity index (χ2v) is 6.62. The second-order valence-electron chi connectivity index (χ2n) is 4.77. The standard InChI is InChI=1S/C13H19N3O3S/c1-12-2-3-13(11-14-10-12)15-20(17,18)9-6-16-4-7-19-8-5-16/h10-12,15H,4-9H2,1H3. The number of aliphatic imine (C=N–C) groups is 1. The Kier molecular flexibility index (Phi) is 5.17. The highest BCUT2D eigenvalue weighted by Gasteiger charge is 2.16. The SMILES string of the molecule is CC1C#CC(NS(=O)(=O)CCN2CCOCC2)=CN=C1. The summed E-state index contributed by atoms with van der Waals surface area (Å²) in [6.07, 6.45) is 3.13. The Bertz CT molecular complexity index is 551. The lowest BCUT2D eigenvalue weighted by atomic mass is 10.2. The molecule has 2 aliphatic heterocycles. The van der Waals surface area contributed by atoms with E-state index < -0.39 is 10.0 Å². The van der Waals surface area contributed by atoms with E-state index in [0.29, 0.717) is 25.5 Å². The summed E-state index contributed by atoms with van der Waals surface area (Å²) in [5.74, 6) is 5.76. The van der Waals surface area contributed by atoms with Gasteiger partial charge in [-0.25, -0.2) is 8.42 Å². The molecule has 0 aromatic carbocycles. The number of sulfonamides is 1. The molecular weight excluding hydrogens is 278 g/mol. The van der Waals surface area contributed by atoms with Crippen molar-refractivity contribution in [2.24, 2.45) is 10.9 Å². The Morgan fingerprint density at radius 2 is 2.25 bits per heavy atom. The van der Waals surface area contributed by atoms with E-state index in [-0.39, 0.29) is 11.7 Å². The minimum absolute atomic E-state index is 0.0293. The summed E-state index contributed by atoms with van der Waals surface area (Å²) < 4.78 is 31.7. The van der Waals surface area contributed by atoms with Gasteiger partial charge in [-0.2, -0.15) is 0 Å². The van der Waals surface area contributed by atoms with Crippen LogP contribution in [0, 0.1) is 17.8 Å². The van der Waals surface area contributed by atoms with E-state index in [1.807, 2.05) is 6.92 Å². The van der Waals surface area contributed by atoms with Crippen molar-refractivity contribution < 1.29 is 13.2 Å². The van der Waals surface area contributed by atoms with E-state index in [9.17, 15) is 8.42 Å². The normalized spacial score (nSPS) is 23.4. The maximum Gasteiger partial charge on any atom is 0.234 e. The number of allylic oxidation sites excluding steroid dienone is 1. The third-order valence-corrected chi connectivity index (χ3v) is 4.24. The number of morpholine rings is 1. The minimum Gasteiger partial charge on any atom is -0.379 e. The van der Waals surface area contributed by atoms with Gasteiger partial charge in [0, 0.05) is 25.8 Å². The lowest BCUT2D eigenvalue weighted by Gasteiger charge is -2.26. The smallest absolute Gasteiger partial charge is 0.234 e. The Morgan fingerprint density at radius 3 is 3.00 bits per heavy atom. The number of ether oxygens (including phenoxy) is 1. The van der Waals surface area contributed by atoms with Crippen LogP contribution in [0.3, 0.4) is 0 Å². The monoisotopic (exact) mass is 297 g/mol. The van der Waals surface area contributed by atoms with Gasteiger partial charge in [0.1, 0.15) is 5.70 Å². The van der Waals surface area contributed by atoms with Gasteiger partial charge in [0.25, 0.3) is 0 Å². The molecule has 1 unspecified atom stereocenters. The first-order valence-electron chi connectivity index (χ1n) is 6.61. The highest BCUT2D eigenvalue weighted by Crippen LogP contribution is 2.01. The van der Waals surface area contributed by atoms with Gasteiger partial charge < -0.3 is 4.74 Å². The van der Waals surface area contributed by atoms with Crippen molar-refractivity contribution in [3.63, 3.8) is 0 Å². The first kappa shape index (κ1) is 15.0. The Balaban J connectivity index is 1.87. The summed E-state index contributed by atoms with van der Waals surface area (Å²) in [6.45, 7) is 5.28. The van der Waals surface area contributed by atoms with Gasteiger partial charge in [0.2, 0.25) is 10.0 Å². The predicted octanol–water partition coefficient (Wildman–Crippen LogP) is -0.197. The third-order valence-electron chi connectivity index (χ3n) is 2.99. The lowest BCUT2D eigenvalue weighted by Crippen LogP contribution is -2.40. The zero-order valence-corrected chi connectivity index (χ0v) is 12.3. The predicted molar refractivity (Wildman–Crippen MR) is 77.7 cm³/mol. The number of hydrogen-bond donors (Lipinski definition) is 1. The van der Waals surface area contributed by atoms with Crippen LogP contribution < -0.4 is 4.72 Å². The van der Waals surface area contributed by atoms with Crippen LogP contribution in [-0.4, -0.2) is 58.1 Å². The van der Waals surface area contributed by atoms with Gasteiger partial charge in [-0.15, -0.1) is 0 Å². The van der Waals surface area contributed by atoms with E-state index in [1.54, 1.807) is 6.21 Å². The molecule has 0 aliphatic carbocycles. The fourth-order valence-corrected chi connectivity index (χ4v) is 2.89. The van der Waals surface area contributed by atoms with Crippen molar-refractivity contribution in [2.75, 3.05) is 38.6 Å². The molecule has 1 N–H and O–H groups in total. The molecule has 110 valence electrons. The first-order valence-corrected chi connectivity index (χ1v) is 8.26. The van der Waals surface area contributed by atoms with Gasteiger partial charge in [0.15, 0.2) is 0 Å². The highest BCUT2D eigenvalue weighted by molar-refractivity contribution is 7.89. The molecule has 20 heavy (non-hydrogen) atoms. The van der Waals surface area contributed by atoms with Crippen LogP contribution >= 0.6 is 0 Å². The summed E-state index contributed by atoms with van der Waals surface area (Å²) in [7, 11) is -3.39. The topological polar surface area (TPSA) is 71.0 Å². The van der Waals surface area contributed by atoms with Gasteiger partial charge in [-0.05, 0) is 12.8 Å². The molecule has 0 amide bonds. The van der Waals surface area contributed by atoms with Crippen molar-refractivity contribution in [1.29, 1.82) is 0 Å². The fraction of sp³-hybridized carbons (Fsp3) is 0.615. The van der Waals surface area contributed by atoms with Crippen LogP contribution in [0.15, 0.2) is 16.9 Å². The molecule has 1 fully saturated rings. The second kappa shape index (κ2) is 6.88. The summed E-state index contributed by atoms with van der Waals surface area (Å²) in [4.78, 5) is 6.08. The Hall–Kier alpha value is -1.36. The van der Waals surface area contributed by atoms with Crippen LogP contribution in [0.4, 0.5) is 0 Å². The molecule has 0 radical (unpaired) electrons. The maximum atomic E-state index is 12.0. The van der Waals surface area contributed by atoms with Gasteiger partial charge >= 0.3 is 0 Å². The quantitative estimate of drug-likeness (QED) is 0.714. The molecule has 2 rings (SSSR count). The summed E-state index contributed by atoms with van der Waals surface area (Å²) in [5.41, 5.74) is 0.326. The molecular formula is C13H19N3O3S. The molecule has 0 aromatic rings. The molecule has 1 atom stereocenters. The Labute approximate surface area is 119 Å². The highest BCUT2D eigenvalue weighted by atomic mass is 32.2. The number of rotatable bonds is 5. The van der Waals surface area contributed by atoms with Crippen molar-refractivity contribution in [3.8, 4) is 11.8 Å². The van der Waals surface area contributed by atoms with E-state index in [1.165, 1.54) is 6.20 Å². The van der Waals surface area contributed by atoms with Gasteiger partial charge in [-0.3, -0.25) is 14.6 Å². The fourth-order valence-electron chi connectivity index (χ4n) is 1.85. The number of nitrogens with zero attached hydrogens (tertiary/aromatic N) is 2. The lowest BCUT2D eigenvalue weighted by molar-refractivity contribution is 0.0408. The molecule has 2 heterocycles. The molecule has 2 aliphatic rings. The zero-order chi connectivity index (χ0) is 14.4. The molecule has 1 saturated heterocycles. The molecule has 6 nitrogen and oxygen atoms in total. The molecule has 0 spiro atoms. The van der Waals surface area contributed by atoms with Crippen LogP contribution in [0.25, 0.3) is 0 Å². The van der Waals surface area contributed by atoms with Gasteiger partial charge in [-0.1, -0.05) is 5.92 Å². The van der Waals surface area contributed by atoms with Crippen LogP contribution in [0.1, 0.15) is 6.92 Å².